The van der Waals surface area contributed by atoms with Crippen molar-refractivity contribution in [3.63, 3.8) is 0 Å². The van der Waals surface area contributed by atoms with Gasteiger partial charge in [0.15, 0.2) is 18.1 Å². The maximum atomic E-state index is 12.4. The minimum Gasteiger partial charge on any atom is -0.493 e. The van der Waals surface area contributed by atoms with Crippen LogP contribution in [0.4, 0.5) is 11.4 Å². The molecule has 38 heavy (non-hydrogen) atoms. The summed E-state index contributed by atoms with van der Waals surface area (Å²) >= 11 is 6.36. The van der Waals surface area contributed by atoms with Gasteiger partial charge in [-0.05, 0) is 61.2 Å². The lowest BCUT2D eigenvalue weighted by molar-refractivity contribution is -0.136. The highest BCUT2D eigenvalue weighted by Crippen LogP contribution is 2.36. The van der Waals surface area contributed by atoms with Gasteiger partial charge in [-0.3, -0.25) is 14.4 Å². The third-order valence-corrected chi connectivity index (χ3v) is 5.77. The van der Waals surface area contributed by atoms with E-state index < -0.39 is 11.8 Å². The number of amides is 3. The molecule has 3 aromatic carbocycles. The average molecular weight is 537 g/mol. The molecule has 198 valence electrons. The van der Waals surface area contributed by atoms with E-state index in [-0.39, 0.29) is 29.0 Å². The fourth-order valence-corrected chi connectivity index (χ4v) is 3.85. The van der Waals surface area contributed by atoms with Gasteiger partial charge in [0, 0.05) is 11.4 Å². The largest absolute Gasteiger partial charge is 0.493 e. The molecular weight excluding hydrogens is 508 g/mol. The highest BCUT2D eigenvalue weighted by molar-refractivity contribution is 6.39. The van der Waals surface area contributed by atoms with Gasteiger partial charge in [-0.2, -0.15) is 5.10 Å². The molecular formula is C28H29ClN4O5. The van der Waals surface area contributed by atoms with E-state index in [0.717, 1.165) is 16.7 Å². The molecule has 0 unspecified atom stereocenters. The number of hydrogen-bond donors (Lipinski definition) is 3. The van der Waals surface area contributed by atoms with E-state index >= 15 is 0 Å². The lowest BCUT2D eigenvalue weighted by atomic mass is 10.1. The predicted octanol–water partition coefficient (Wildman–Crippen LogP) is 4.63. The third-order valence-electron chi connectivity index (χ3n) is 5.49. The van der Waals surface area contributed by atoms with Crippen LogP contribution in [0.1, 0.15) is 29.2 Å². The molecule has 9 nitrogen and oxygen atoms in total. The first kappa shape index (κ1) is 28.2. The number of carbonyl (C=O) groups excluding carboxylic acids is 3. The second kappa shape index (κ2) is 13.3. The Morgan fingerprint density at radius 2 is 1.74 bits per heavy atom. The summed E-state index contributed by atoms with van der Waals surface area (Å²) < 4.78 is 11.0. The first-order valence-electron chi connectivity index (χ1n) is 11.8. The zero-order valence-electron chi connectivity index (χ0n) is 21.6. The van der Waals surface area contributed by atoms with Crippen LogP contribution in [-0.4, -0.2) is 37.7 Å². The molecule has 3 amide bonds. The van der Waals surface area contributed by atoms with Crippen molar-refractivity contribution >= 4 is 46.9 Å². The van der Waals surface area contributed by atoms with E-state index in [2.05, 4.69) is 21.2 Å². The second-order valence-electron chi connectivity index (χ2n) is 8.35. The highest BCUT2D eigenvalue weighted by Gasteiger charge is 2.16. The van der Waals surface area contributed by atoms with Gasteiger partial charge in [-0.1, -0.05) is 54.4 Å². The van der Waals surface area contributed by atoms with Crippen LogP contribution in [0.15, 0.2) is 59.7 Å². The smallest absolute Gasteiger partial charge is 0.329 e. The molecule has 0 fully saturated rings. The van der Waals surface area contributed by atoms with Gasteiger partial charge >= 0.3 is 11.8 Å². The molecule has 3 rings (SSSR count). The minimum absolute atomic E-state index is 0.172. The van der Waals surface area contributed by atoms with Gasteiger partial charge in [0.25, 0.3) is 5.91 Å². The number of hydrogen-bond acceptors (Lipinski definition) is 6. The van der Waals surface area contributed by atoms with E-state index in [1.54, 1.807) is 18.2 Å². The summed E-state index contributed by atoms with van der Waals surface area (Å²) in [5, 5.41) is 9.37. The summed E-state index contributed by atoms with van der Waals surface area (Å²) in [6, 6.07) is 16.0. The van der Waals surface area contributed by atoms with Gasteiger partial charge < -0.3 is 20.1 Å². The Balaban J connectivity index is 1.59. The number of aryl methyl sites for hydroxylation is 3. The number of carbonyl (C=O) groups is 3. The second-order valence-corrected chi connectivity index (χ2v) is 8.76. The molecule has 10 heteroatoms. The van der Waals surface area contributed by atoms with Crippen molar-refractivity contribution in [2.24, 2.45) is 5.10 Å². The Kier molecular flexibility index (Phi) is 9.84. The standard InChI is InChI=1S/C28H29ClN4O5/c1-5-20-8-6-7-9-23(20)32-27(35)28(36)33-30-15-19-13-21(29)26(24(14-19)37-4)38-16-25(34)31-22-11-10-17(2)12-18(22)3/h6-15H,5,16H2,1-4H3,(H,31,34)(H,32,35)(H,33,36)/b30-15-. The van der Waals surface area contributed by atoms with Gasteiger partial charge in [0.2, 0.25) is 0 Å². The van der Waals surface area contributed by atoms with Crippen molar-refractivity contribution in [1.29, 1.82) is 0 Å². The van der Waals surface area contributed by atoms with Crippen LogP contribution in [0, 0.1) is 13.8 Å². The van der Waals surface area contributed by atoms with E-state index in [9.17, 15) is 14.4 Å². The first-order chi connectivity index (χ1) is 18.2. The fourth-order valence-electron chi connectivity index (χ4n) is 3.58. The molecule has 3 N–H and O–H groups in total. The summed E-state index contributed by atoms with van der Waals surface area (Å²) in [5.41, 5.74) is 6.85. The molecule has 3 aromatic rings. The maximum absolute atomic E-state index is 12.4. The van der Waals surface area contributed by atoms with Crippen LogP contribution in [0.25, 0.3) is 0 Å². The van der Waals surface area contributed by atoms with Crippen molar-refractivity contribution in [3.05, 3.63) is 81.9 Å². The number of hydrazone groups is 1. The first-order valence-corrected chi connectivity index (χ1v) is 12.2. The summed E-state index contributed by atoms with van der Waals surface area (Å²) in [6.07, 6.45) is 2.01. The lowest BCUT2D eigenvalue weighted by Crippen LogP contribution is -2.32. The zero-order chi connectivity index (χ0) is 27.7. The number of para-hydroxylation sites is 1. The third kappa shape index (κ3) is 7.57. The summed E-state index contributed by atoms with van der Waals surface area (Å²) in [7, 11) is 1.43. The molecule has 0 saturated carbocycles. The SMILES string of the molecule is CCc1ccccc1NC(=O)C(=O)N/N=C\c1cc(Cl)c(OCC(=O)Nc2ccc(C)cc2C)c(OC)c1. The molecule has 0 heterocycles. The number of anilines is 2. The number of nitrogens with one attached hydrogen (secondary N) is 3. The maximum Gasteiger partial charge on any atom is 0.329 e. The van der Waals surface area contributed by atoms with E-state index in [0.29, 0.717) is 23.4 Å². The Morgan fingerprint density at radius 3 is 2.45 bits per heavy atom. The van der Waals surface area contributed by atoms with Crippen molar-refractivity contribution in [1.82, 2.24) is 5.43 Å². The predicted molar refractivity (Wildman–Crippen MR) is 148 cm³/mol. The highest BCUT2D eigenvalue weighted by atomic mass is 35.5. The molecule has 0 aliphatic heterocycles. The van der Waals surface area contributed by atoms with Gasteiger partial charge in [-0.25, -0.2) is 5.43 Å². The normalized spacial score (nSPS) is 10.7. The molecule has 0 aliphatic carbocycles. The molecule has 0 atom stereocenters. The molecule has 0 spiro atoms. The topological polar surface area (TPSA) is 118 Å². The minimum atomic E-state index is -0.931. The molecule has 0 aliphatic rings. The van der Waals surface area contributed by atoms with E-state index in [4.69, 9.17) is 21.1 Å². The Bertz CT molecular complexity index is 1370. The zero-order valence-corrected chi connectivity index (χ0v) is 22.3. The Hall–Kier alpha value is -4.37. The van der Waals surface area contributed by atoms with Crippen LogP contribution >= 0.6 is 11.6 Å². The number of nitrogens with zero attached hydrogens (tertiary/aromatic N) is 1. The molecule has 0 aromatic heterocycles. The number of halogens is 1. The molecule has 0 bridgehead atoms. The average Bonchev–Trinajstić information content (AvgIpc) is 2.89. The van der Waals surface area contributed by atoms with E-state index in [1.807, 2.05) is 51.1 Å². The van der Waals surface area contributed by atoms with Crippen LogP contribution in [0.3, 0.4) is 0 Å². The molecule has 0 saturated heterocycles. The van der Waals surface area contributed by atoms with Gasteiger partial charge in [0.05, 0.1) is 18.3 Å². The molecule has 0 radical (unpaired) electrons. The summed E-state index contributed by atoms with van der Waals surface area (Å²) in [6.45, 7) is 5.54. The number of benzene rings is 3. The lowest BCUT2D eigenvalue weighted by Gasteiger charge is -2.14. The summed E-state index contributed by atoms with van der Waals surface area (Å²) in [4.78, 5) is 36.8. The van der Waals surface area contributed by atoms with Crippen LogP contribution in [0.5, 0.6) is 11.5 Å². The quantitative estimate of drug-likeness (QED) is 0.209. The number of ether oxygens (including phenoxy) is 2. The Morgan fingerprint density at radius 1 is 0.974 bits per heavy atom. The van der Waals surface area contributed by atoms with Gasteiger partial charge in [0.1, 0.15) is 0 Å². The summed E-state index contributed by atoms with van der Waals surface area (Å²) in [5.74, 6) is -1.69. The fraction of sp³-hybridized carbons (Fsp3) is 0.214. The van der Waals surface area contributed by atoms with Crippen molar-refractivity contribution in [2.75, 3.05) is 24.4 Å². The van der Waals surface area contributed by atoms with Crippen LogP contribution in [0.2, 0.25) is 5.02 Å². The van der Waals surface area contributed by atoms with Crippen molar-refractivity contribution < 1.29 is 23.9 Å². The van der Waals surface area contributed by atoms with E-state index in [1.165, 1.54) is 19.4 Å². The van der Waals surface area contributed by atoms with Crippen molar-refractivity contribution in [3.8, 4) is 11.5 Å². The van der Waals surface area contributed by atoms with Crippen LogP contribution in [-0.2, 0) is 20.8 Å². The van der Waals surface area contributed by atoms with Crippen molar-refractivity contribution in [2.45, 2.75) is 27.2 Å². The monoisotopic (exact) mass is 536 g/mol. The van der Waals surface area contributed by atoms with Crippen LogP contribution < -0.4 is 25.5 Å². The number of methoxy groups -OCH3 is 1. The number of rotatable bonds is 9. The van der Waals surface area contributed by atoms with Gasteiger partial charge in [-0.15, -0.1) is 0 Å². The Labute approximate surface area is 226 Å².